The standard InChI is InChI=1S/C17H16N2O4/c1-11(14-10-23-16-9-5-3-6-12(14)16)18-17(20)13-7-2-4-8-15(13)19(21)22/h2-9,11,14H,10H2,1H3,(H,18,20)/t11-,14+/m1/s1. The zero-order chi connectivity index (χ0) is 16.4. The molecule has 6 heteroatoms. The summed E-state index contributed by atoms with van der Waals surface area (Å²) in [4.78, 5) is 22.9. The third kappa shape index (κ3) is 2.88. The van der Waals surface area contributed by atoms with Crippen LogP contribution in [0.15, 0.2) is 48.5 Å². The Morgan fingerprint density at radius 2 is 1.96 bits per heavy atom. The number of nitrogens with one attached hydrogen (secondary N) is 1. The minimum Gasteiger partial charge on any atom is -0.493 e. The Labute approximate surface area is 133 Å². The number of carbonyl (C=O) groups excluding carboxylic acids is 1. The second-order valence-corrected chi connectivity index (χ2v) is 5.49. The van der Waals surface area contributed by atoms with Crippen molar-refractivity contribution in [3.63, 3.8) is 0 Å². The van der Waals surface area contributed by atoms with Gasteiger partial charge >= 0.3 is 0 Å². The van der Waals surface area contributed by atoms with Gasteiger partial charge in [-0.1, -0.05) is 30.3 Å². The summed E-state index contributed by atoms with van der Waals surface area (Å²) in [5.74, 6) is 0.399. The highest BCUT2D eigenvalue weighted by molar-refractivity contribution is 5.98. The van der Waals surface area contributed by atoms with Crippen molar-refractivity contribution in [3.05, 3.63) is 69.8 Å². The number of hydrogen-bond donors (Lipinski definition) is 1. The number of para-hydroxylation sites is 2. The van der Waals surface area contributed by atoms with Gasteiger partial charge in [0.15, 0.2) is 0 Å². The molecule has 0 aliphatic carbocycles. The van der Waals surface area contributed by atoms with Gasteiger partial charge in [0.1, 0.15) is 11.3 Å². The van der Waals surface area contributed by atoms with E-state index in [4.69, 9.17) is 4.74 Å². The molecule has 2 aromatic carbocycles. The average Bonchev–Trinajstić information content (AvgIpc) is 2.98. The number of benzene rings is 2. The number of nitro benzene ring substituents is 1. The van der Waals surface area contributed by atoms with Crippen LogP contribution in [0, 0.1) is 10.1 Å². The summed E-state index contributed by atoms with van der Waals surface area (Å²) in [6, 6.07) is 13.4. The first-order valence-corrected chi connectivity index (χ1v) is 7.34. The van der Waals surface area contributed by atoms with Crippen LogP contribution in [0.2, 0.25) is 0 Å². The van der Waals surface area contributed by atoms with Gasteiger partial charge in [-0.05, 0) is 19.1 Å². The fourth-order valence-electron chi connectivity index (χ4n) is 2.81. The molecule has 0 radical (unpaired) electrons. The molecule has 1 N–H and O–H groups in total. The van der Waals surface area contributed by atoms with Gasteiger partial charge in [-0.15, -0.1) is 0 Å². The summed E-state index contributed by atoms with van der Waals surface area (Å²) < 4.78 is 5.62. The molecule has 1 heterocycles. The molecular formula is C17H16N2O4. The van der Waals surface area contributed by atoms with Gasteiger partial charge in [0.25, 0.3) is 11.6 Å². The van der Waals surface area contributed by atoms with Gasteiger partial charge in [-0.25, -0.2) is 0 Å². The first-order chi connectivity index (χ1) is 11.1. The minimum absolute atomic E-state index is 0.0259. The fourth-order valence-corrected chi connectivity index (χ4v) is 2.81. The SMILES string of the molecule is C[C@@H](NC(=O)c1ccccc1[N+](=O)[O-])[C@@H]1COc2ccccc21. The summed E-state index contributed by atoms with van der Waals surface area (Å²) in [5, 5.41) is 13.9. The lowest BCUT2D eigenvalue weighted by molar-refractivity contribution is -0.385. The van der Waals surface area contributed by atoms with Crippen LogP contribution in [0.4, 0.5) is 5.69 Å². The van der Waals surface area contributed by atoms with Crippen molar-refractivity contribution in [1.82, 2.24) is 5.32 Å². The summed E-state index contributed by atoms with van der Waals surface area (Å²) in [5.41, 5.74) is 0.916. The fraction of sp³-hybridized carbons (Fsp3) is 0.235. The van der Waals surface area contributed by atoms with E-state index in [0.717, 1.165) is 11.3 Å². The van der Waals surface area contributed by atoms with Crippen molar-refractivity contribution in [2.75, 3.05) is 6.61 Å². The first kappa shape index (κ1) is 15.0. The normalized spacial score (nSPS) is 17.0. The molecule has 0 saturated heterocycles. The molecule has 0 saturated carbocycles. The van der Waals surface area contributed by atoms with Crippen LogP contribution in [0.5, 0.6) is 5.75 Å². The van der Waals surface area contributed by atoms with E-state index >= 15 is 0 Å². The van der Waals surface area contributed by atoms with Crippen molar-refractivity contribution < 1.29 is 14.5 Å². The van der Waals surface area contributed by atoms with Crippen molar-refractivity contribution in [1.29, 1.82) is 0 Å². The maximum Gasteiger partial charge on any atom is 0.282 e. The predicted molar refractivity (Wildman–Crippen MR) is 84.7 cm³/mol. The number of fused-ring (bicyclic) bond motifs is 1. The highest BCUT2D eigenvalue weighted by Gasteiger charge is 2.30. The molecule has 2 atom stereocenters. The Morgan fingerprint density at radius 3 is 2.74 bits per heavy atom. The molecule has 6 nitrogen and oxygen atoms in total. The quantitative estimate of drug-likeness (QED) is 0.695. The van der Waals surface area contributed by atoms with Crippen molar-refractivity contribution in [3.8, 4) is 5.75 Å². The highest BCUT2D eigenvalue weighted by Crippen LogP contribution is 2.35. The molecule has 2 aromatic rings. The molecule has 1 aliphatic rings. The summed E-state index contributed by atoms with van der Waals surface area (Å²) in [6.45, 7) is 2.36. The van der Waals surface area contributed by atoms with E-state index in [1.807, 2.05) is 31.2 Å². The Hall–Kier alpha value is -2.89. The zero-order valence-electron chi connectivity index (χ0n) is 12.6. The first-order valence-electron chi connectivity index (χ1n) is 7.34. The smallest absolute Gasteiger partial charge is 0.282 e. The van der Waals surface area contributed by atoms with Gasteiger partial charge in [-0.2, -0.15) is 0 Å². The molecule has 3 rings (SSSR count). The van der Waals surface area contributed by atoms with Crippen LogP contribution < -0.4 is 10.1 Å². The summed E-state index contributed by atoms with van der Waals surface area (Å²) in [6.07, 6.45) is 0. The van der Waals surface area contributed by atoms with E-state index in [1.165, 1.54) is 12.1 Å². The lowest BCUT2D eigenvalue weighted by atomic mass is 9.94. The number of rotatable bonds is 4. The minimum atomic E-state index is -0.548. The molecule has 0 aromatic heterocycles. The summed E-state index contributed by atoms with van der Waals surface area (Å²) >= 11 is 0. The molecule has 0 spiro atoms. The topological polar surface area (TPSA) is 81.5 Å². The van der Waals surface area contributed by atoms with E-state index in [2.05, 4.69) is 5.32 Å². The molecule has 0 bridgehead atoms. The maximum absolute atomic E-state index is 12.4. The number of nitrogens with zero attached hydrogens (tertiary/aromatic N) is 1. The highest BCUT2D eigenvalue weighted by atomic mass is 16.6. The van der Waals surface area contributed by atoms with Crippen LogP contribution in [-0.2, 0) is 0 Å². The molecule has 23 heavy (non-hydrogen) atoms. The van der Waals surface area contributed by atoms with E-state index in [9.17, 15) is 14.9 Å². The van der Waals surface area contributed by atoms with E-state index in [1.54, 1.807) is 12.1 Å². The van der Waals surface area contributed by atoms with Crippen molar-refractivity contribution >= 4 is 11.6 Å². The van der Waals surface area contributed by atoms with Gasteiger partial charge in [0.05, 0.1) is 11.5 Å². The molecule has 118 valence electrons. The largest absolute Gasteiger partial charge is 0.493 e. The Balaban J connectivity index is 1.78. The zero-order valence-corrected chi connectivity index (χ0v) is 12.6. The number of carbonyl (C=O) groups is 1. The Kier molecular flexibility index (Phi) is 3.97. The predicted octanol–water partition coefficient (Wildman–Crippen LogP) is 2.89. The van der Waals surface area contributed by atoms with E-state index in [-0.39, 0.29) is 23.2 Å². The van der Waals surface area contributed by atoms with Crippen molar-refractivity contribution in [2.24, 2.45) is 0 Å². The van der Waals surface area contributed by atoms with Crippen LogP contribution in [0.1, 0.15) is 28.8 Å². The Bertz CT molecular complexity index is 760. The molecule has 0 fully saturated rings. The van der Waals surface area contributed by atoms with Gasteiger partial charge in [0, 0.05) is 23.6 Å². The van der Waals surface area contributed by atoms with Crippen LogP contribution in [-0.4, -0.2) is 23.5 Å². The van der Waals surface area contributed by atoms with Gasteiger partial charge in [0.2, 0.25) is 0 Å². The number of ether oxygens (including phenoxy) is 1. The molecule has 0 unspecified atom stereocenters. The van der Waals surface area contributed by atoms with E-state index in [0.29, 0.717) is 6.61 Å². The number of nitro groups is 1. The lowest BCUT2D eigenvalue weighted by Gasteiger charge is -2.20. The van der Waals surface area contributed by atoms with Crippen molar-refractivity contribution in [2.45, 2.75) is 18.9 Å². The number of amides is 1. The number of hydrogen-bond acceptors (Lipinski definition) is 4. The third-order valence-electron chi connectivity index (χ3n) is 4.04. The van der Waals surface area contributed by atoms with E-state index < -0.39 is 10.8 Å². The van der Waals surface area contributed by atoms with Crippen LogP contribution in [0.25, 0.3) is 0 Å². The monoisotopic (exact) mass is 312 g/mol. The van der Waals surface area contributed by atoms with Crippen LogP contribution >= 0.6 is 0 Å². The average molecular weight is 312 g/mol. The second-order valence-electron chi connectivity index (χ2n) is 5.49. The Morgan fingerprint density at radius 1 is 1.26 bits per heavy atom. The molecule has 1 aliphatic heterocycles. The maximum atomic E-state index is 12.4. The van der Waals surface area contributed by atoms with Gasteiger partial charge in [-0.3, -0.25) is 14.9 Å². The molecular weight excluding hydrogens is 296 g/mol. The van der Waals surface area contributed by atoms with Gasteiger partial charge < -0.3 is 10.1 Å². The molecule has 1 amide bonds. The van der Waals surface area contributed by atoms with Crippen LogP contribution in [0.3, 0.4) is 0 Å². The second kappa shape index (κ2) is 6.08. The third-order valence-corrected chi connectivity index (χ3v) is 4.04. The lowest BCUT2D eigenvalue weighted by Crippen LogP contribution is -2.37. The summed E-state index contributed by atoms with van der Waals surface area (Å²) in [7, 11) is 0.